The fraction of sp³-hybridized carbons (Fsp3) is 0.923. The number of ether oxygens (including phenoxy) is 1. The SMILES string of the molecule is CCCC1(CN=C(N)N2CCOC(C)C2)CC1.I. The predicted octanol–water partition coefficient (Wildman–Crippen LogP) is 2.22. The van der Waals surface area contributed by atoms with E-state index in [1.54, 1.807) is 0 Å². The van der Waals surface area contributed by atoms with Crippen LogP contribution >= 0.6 is 24.0 Å². The summed E-state index contributed by atoms with van der Waals surface area (Å²) in [6, 6.07) is 0. The lowest BCUT2D eigenvalue weighted by atomic mass is 10.0. The first-order valence-corrected chi connectivity index (χ1v) is 6.82. The first-order chi connectivity index (χ1) is 8.15. The Bertz CT molecular complexity index is 292. The van der Waals surface area contributed by atoms with Gasteiger partial charge in [-0.3, -0.25) is 4.99 Å². The maximum absolute atomic E-state index is 6.06. The summed E-state index contributed by atoms with van der Waals surface area (Å²) in [6.07, 6.45) is 5.48. The van der Waals surface area contributed by atoms with Gasteiger partial charge >= 0.3 is 0 Å². The van der Waals surface area contributed by atoms with Crippen molar-refractivity contribution >= 4 is 29.9 Å². The number of nitrogens with two attached hydrogens (primary N) is 1. The molecule has 0 aromatic heterocycles. The minimum atomic E-state index is 0. The van der Waals surface area contributed by atoms with E-state index in [4.69, 9.17) is 10.5 Å². The third kappa shape index (κ3) is 4.26. The minimum absolute atomic E-state index is 0. The Kier molecular flexibility index (Phi) is 6.17. The summed E-state index contributed by atoms with van der Waals surface area (Å²) < 4.78 is 5.50. The van der Waals surface area contributed by atoms with Gasteiger partial charge in [-0.2, -0.15) is 0 Å². The number of nitrogens with zero attached hydrogens (tertiary/aromatic N) is 2. The molecule has 1 saturated carbocycles. The number of rotatable bonds is 4. The molecule has 1 unspecified atom stereocenters. The lowest BCUT2D eigenvalue weighted by molar-refractivity contribution is 0.00526. The number of hydrogen-bond donors (Lipinski definition) is 1. The maximum atomic E-state index is 6.06. The molecule has 1 atom stereocenters. The molecular formula is C13H26IN3O. The van der Waals surface area contributed by atoms with Crippen molar-refractivity contribution in [3.8, 4) is 0 Å². The number of morpholine rings is 1. The minimum Gasteiger partial charge on any atom is -0.375 e. The van der Waals surface area contributed by atoms with Crippen LogP contribution < -0.4 is 5.73 Å². The molecule has 106 valence electrons. The molecular weight excluding hydrogens is 341 g/mol. The molecule has 1 aliphatic carbocycles. The zero-order valence-electron chi connectivity index (χ0n) is 11.5. The number of guanidine groups is 1. The first-order valence-electron chi connectivity index (χ1n) is 6.82. The molecule has 2 rings (SSSR count). The standard InChI is InChI=1S/C13H25N3O.HI/c1-3-4-13(5-6-13)10-15-12(14)16-7-8-17-11(2)9-16;/h11H,3-10H2,1-2H3,(H2,14,15);1H. The zero-order chi connectivity index (χ0) is 12.3. The Morgan fingerprint density at radius 2 is 2.22 bits per heavy atom. The van der Waals surface area contributed by atoms with Gasteiger partial charge in [0.15, 0.2) is 5.96 Å². The lowest BCUT2D eigenvalue weighted by Crippen LogP contribution is -2.48. The van der Waals surface area contributed by atoms with Crippen LogP contribution in [0, 0.1) is 5.41 Å². The van der Waals surface area contributed by atoms with Crippen LogP contribution in [0.1, 0.15) is 39.5 Å². The highest BCUT2D eigenvalue weighted by atomic mass is 127. The highest BCUT2D eigenvalue weighted by Crippen LogP contribution is 2.49. The molecule has 0 amide bonds. The predicted molar refractivity (Wildman–Crippen MR) is 85.5 cm³/mol. The van der Waals surface area contributed by atoms with Gasteiger partial charge in [0.1, 0.15) is 0 Å². The lowest BCUT2D eigenvalue weighted by Gasteiger charge is -2.32. The van der Waals surface area contributed by atoms with E-state index >= 15 is 0 Å². The van der Waals surface area contributed by atoms with Gasteiger partial charge in [0.2, 0.25) is 0 Å². The summed E-state index contributed by atoms with van der Waals surface area (Å²) in [5.74, 6) is 0.711. The summed E-state index contributed by atoms with van der Waals surface area (Å²) in [6.45, 7) is 7.75. The van der Waals surface area contributed by atoms with Crippen molar-refractivity contribution in [2.75, 3.05) is 26.2 Å². The quantitative estimate of drug-likeness (QED) is 0.471. The van der Waals surface area contributed by atoms with Crippen LogP contribution in [0.15, 0.2) is 4.99 Å². The van der Waals surface area contributed by atoms with Crippen molar-refractivity contribution in [2.45, 2.75) is 45.6 Å². The fourth-order valence-electron chi connectivity index (χ4n) is 2.57. The molecule has 1 aliphatic heterocycles. The first kappa shape index (κ1) is 16.0. The molecule has 5 heteroatoms. The van der Waals surface area contributed by atoms with Gasteiger partial charge in [-0.05, 0) is 31.6 Å². The van der Waals surface area contributed by atoms with Gasteiger partial charge < -0.3 is 15.4 Å². The monoisotopic (exact) mass is 367 g/mol. The summed E-state index contributed by atoms with van der Waals surface area (Å²) in [7, 11) is 0. The van der Waals surface area contributed by atoms with Crippen LogP contribution in [0.4, 0.5) is 0 Å². The summed E-state index contributed by atoms with van der Waals surface area (Å²) in [5, 5.41) is 0. The molecule has 4 nitrogen and oxygen atoms in total. The molecule has 2 aliphatic rings. The van der Waals surface area contributed by atoms with Crippen molar-refractivity contribution < 1.29 is 4.74 Å². The third-order valence-corrected chi connectivity index (χ3v) is 3.88. The van der Waals surface area contributed by atoms with E-state index < -0.39 is 0 Å². The van der Waals surface area contributed by atoms with Crippen LogP contribution in [0.5, 0.6) is 0 Å². The second kappa shape index (κ2) is 6.93. The van der Waals surface area contributed by atoms with Gasteiger partial charge in [0.05, 0.1) is 12.7 Å². The zero-order valence-corrected chi connectivity index (χ0v) is 13.9. The van der Waals surface area contributed by atoms with Gasteiger partial charge in [-0.1, -0.05) is 13.3 Å². The third-order valence-electron chi connectivity index (χ3n) is 3.88. The number of halogens is 1. The molecule has 18 heavy (non-hydrogen) atoms. The maximum Gasteiger partial charge on any atom is 0.191 e. The van der Waals surface area contributed by atoms with E-state index in [2.05, 4.69) is 23.7 Å². The van der Waals surface area contributed by atoms with E-state index in [0.717, 1.165) is 26.2 Å². The van der Waals surface area contributed by atoms with Crippen LogP contribution in [0.2, 0.25) is 0 Å². The van der Waals surface area contributed by atoms with Crippen molar-refractivity contribution in [3.05, 3.63) is 0 Å². The summed E-state index contributed by atoms with van der Waals surface area (Å²) in [5.41, 5.74) is 6.56. The fourth-order valence-corrected chi connectivity index (χ4v) is 2.57. The van der Waals surface area contributed by atoms with Crippen LogP contribution in [0.3, 0.4) is 0 Å². The van der Waals surface area contributed by atoms with Gasteiger partial charge in [0.25, 0.3) is 0 Å². The van der Waals surface area contributed by atoms with Crippen LogP contribution in [-0.2, 0) is 4.74 Å². The molecule has 0 aromatic rings. The molecule has 2 N–H and O–H groups in total. The van der Waals surface area contributed by atoms with Gasteiger partial charge in [-0.25, -0.2) is 0 Å². The molecule has 1 heterocycles. The normalized spacial score (nSPS) is 26.7. The highest BCUT2D eigenvalue weighted by Gasteiger charge is 2.41. The summed E-state index contributed by atoms with van der Waals surface area (Å²) >= 11 is 0. The van der Waals surface area contributed by atoms with Crippen molar-refractivity contribution in [3.63, 3.8) is 0 Å². The smallest absolute Gasteiger partial charge is 0.191 e. The average molecular weight is 367 g/mol. The van der Waals surface area contributed by atoms with E-state index in [9.17, 15) is 0 Å². The van der Waals surface area contributed by atoms with E-state index in [1.165, 1.54) is 25.7 Å². The van der Waals surface area contributed by atoms with E-state index in [-0.39, 0.29) is 30.1 Å². The molecule has 0 aromatic carbocycles. The van der Waals surface area contributed by atoms with Crippen LogP contribution in [-0.4, -0.2) is 43.2 Å². The van der Waals surface area contributed by atoms with Crippen LogP contribution in [0.25, 0.3) is 0 Å². The largest absolute Gasteiger partial charge is 0.375 e. The molecule has 1 saturated heterocycles. The topological polar surface area (TPSA) is 50.8 Å². The average Bonchev–Trinajstić information content (AvgIpc) is 3.07. The molecule has 2 fully saturated rings. The Hall–Kier alpha value is -0.0400. The van der Waals surface area contributed by atoms with Crippen molar-refractivity contribution in [2.24, 2.45) is 16.1 Å². The van der Waals surface area contributed by atoms with E-state index in [0.29, 0.717) is 11.4 Å². The van der Waals surface area contributed by atoms with Crippen molar-refractivity contribution in [1.29, 1.82) is 0 Å². The Morgan fingerprint density at radius 1 is 1.50 bits per heavy atom. The summed E-state index contributed by atoms with van der Waals surface area (Å²) in [4.78, 5) is 6.75. The Balaban J connectivity index is 0.00000162. The van der Waals surface area contributed by atoms with Crippen molar-refractivity contribution in [1.82, 2.24) is 4.90 Å². The number of hydrogen-bond acceptors (Lipinski definition) is 2. The molecule has 0 spiro atoms. The molecule has 0 bridgehead atoms. The Morgan fingerprint density at radius 3 is 2.78 bits per heavy atom. The van der Waals surface area contributed by atoms with E-state index in [1.807, 2.05) is 0 Å². The second-order valence-corrected chi connectivity index (χ2v) is 5.55. The highest BCUT2D eigenvalue weighted by molar-refractivity contribution is 14.0. The second-order valence-electron chi connectivity index (χ2n) is 5.55. The van der Waals surface area contributed by atoms with Gasteiger partial charge in [-0.15, -0.1) is 24.0 Å². The Labute approximate surface area is 127 Å². The number of aliphatic imine (C=N–C) groups is 1. The van der Waals surface area contributed by atoms with Gasteiger partial charge in [0, 0.05) is 19.6 Å². The molecule has 0 radical (unpaired) electrons.